The second kappa shape index (κ2) is 8.29. The molecule has 0 aliphatic carbocycles. The molecular formula is C18H22N4O3S. The van der Waals surface area contributed by atoms with Gasteiger partial charge in [-0.05, 0) is 24.4 Å². The van der Waals surface area contributed by atoms with Gasteiger partial charge in [0, 0.05) is 37.1 Å². The molecule has 0 saturated carbocycles. The lowest BCUT2D eigenvalue weighted by Crippen LogP contribution is -2.53. The Morgan fingerprint density at radius 2 is 1.96 bits per heavy atom. The van der Waals surface area contributed by atoms with E-state index < -0.39 is 0 Å². The number of carbonyl (C=O) groups excluding carboxylic acids is 1. The monoisotopic (exact) mass is 374 g/mol. The van der Waals surface area contributed by atoms with Gasteiger partial charge in [-0.3, -0.25) is 19.8 Å². The van der Waals surface area contributed by atoms with E-state index in [1.54, 1.807) is 23.5 Å². The number of nitrogens with one attached hydrogen (secondary N) is 1. The zero-order valence-corrected chi connectivity index (χ0v) is 15.4. The van der Waals surface area contributed by atoms with Crippen LogP contribution in [0.3, 0.4) is 0 Å². The first-order valence-corrected chi connectivity index (χ1v) is 9.46. The first-order valence-electron chi connectivity index (χ1n) is 8.59. The molecule has 1 aromatic heterocycles. The van der Waals surface area contributed by atoms with Crippen molar-refractivity contribution in [2.24, 2.45) is 0 Å². The molecule has 0 spiro atoms. The highest BCUT2D eigenvalue weighted by Gasteiger charge is 2.28. The first-order chi connectivity index (χ1) is 12.6. The maximum absolute atomic E-state index is 12.4. The van der Waals surface area contributed by atoms with Gasteiger partial charge in [0.25, 0.3) is 5.69 Å². The zero-order chi connectivity index (χ0) is 18.5. The molecule has 138 valence electrons. The van der Waals surface area contributed by atoms with Gasteiger partial charge in [-0.2, -0.15) is 0 Å². The first kappa shape index (κ1) is 18.3. The van der Waals surface area contributed by atoms with E-state index in [2.05, 4.69) is 10.2 Å². The molecule has 1 atom stereocenters. The molecule has 1 aliphatic rings. The SMILES string of the molecule is CC(C(=O)NCc1cccs1)N1CCN(c2ccccc2[N+](=O)[O-])CC1. The summed E-state index contributed by atoms with van der Waals surface area (Å²) in [5.41, 5.74) is 0.773. The van der Waals surface area contributed by atoms with Crippen LogP contribution in [0.15, 0.2) is 41.8 Å². The van der Waals surface area contributed by atoms with Crippen LogP contribution in [0, 0.1) is 10.1 Å². The Morgan fingerprint density at radius 3 is 2.62 bits per heavy atom. The van der Waals surface area contributed by atoms with Crippen LogP contribution in [-0.2, 0) is 11.3 Å². The van der Waals surface area contributed by atoms with Gasteiger partial charge in [0.05, 0.1) is 17.5 Å². The molecule has 26 heavy (non-hydrogen) atoms. The molecule has 1 N–H and O–H groups in total. The highest BCUT2D eigenvalue weighted by molar-refractivity contribution is 7.09. The number of anilines is 1. The molecule has 1 fully saturated rings. The highest BCUT2D eigenvalue weighted by atomic mass is 32.1. The summed E-state index contributed by atoms with van der Waals surface area (Å²) in [5.74, 6) is 0.0116. The minimum absolute atomic E-state index is 0.0116. The van der Waals surface area contributed by atoms with Crippen LogP contribution in [0.1, 0.15) is 11.8 Å². The Labute approximate surface area is 156 Å². The molecule has 0 radical (unpaired) electrons. The summed E-state index contributed by atoms with van der Waals surface area (Å²) in [6, 6.07) is 10.6. The molecule has 1 aromatic carbocycles. The number of nitrogens with zero attached hydrogens (tertiary/aromatic N) is 3. The van der Waals surface area contributed by atoms with Gasteiger partial charge in [0.2, 0.25) is 5.91 Å². The van der Waals surface area contributed by atoms with Gasteiger partial charge in [-0.15, -0.1) is 11.3 Å². The van der Waals surface area contributed by atoms with E-state index in [4.69, 9.17) is 0 Å². The second-order valence-electron chi connectivity index (χ2n) is 6.24. The molecule has 1 aliphatic heterocycles. The minimum atomic E-state index is -0.345. The third-order valence-electron chi connectivity index (χ3n) is 4.68. The van der Waals surface area contributed by atoms with Gasteiger partial charge in [-0.1, -0.05) is 18.2 Å². The fourth-order valence-corrected chi connectivity index (χ4v) is 3.78. The van der Waals surface area contributed by atoms with Crippen LogP contribution in [0.5, 0.6) is 0 Å². The van der Waals surface area contributed by atoms with Gasteiger partial charge < -0.3 is 10.2 Å². The summed E-state index contributed by atoms with van der Waals surface area (Å²) in [5, 5.41) is 16.2. The van der Waals surface area contributed by atoms with E-state index >= 15 is 0 Å². The van der Waals surface area contributed by atoms with Crippen molar-refractivity contribution in [1.82, 2.24) is 10.2 Å². The maximum Gasteiger partial charge on any atom is 0.292 e. The number of nitro benzene ring substituents is 1. The van der Waals surface area contributed by atoms with Crippen LogP contribution in [-0.4, -0.2) is 48.0 Å². The number of benzene rings is 1. The summed E-state index contributed by atoms with van der Waals surface area (Å²) in [4.78, 5) is 28.5. The molecule has 0 bridgehead atoms. The lowest BCUT2D eigenvalue weighted by atomic mass is 10.2. The molecule has 2 aromatic rings. The van der Waals surface area contributed by atoms with Gasteiger partial charge in [-0.25, -0.2) is 0 Å². The van der Waals surface area contributed by atoms with E-state index in [-0.39, 0.29) is 22.6 Å². The lowest BCUT2D eigenvalue weighted by Gasteiger charge is -2.38. The fraction of sp³-hybridized carbons (Fsp3) is 0.389. The fourth-order valence-electron chi connectivity index (χ4n) is 3.14. The van der Waals surface area contributed by atoms with Crippen LogP contribution in [0.4, 0.5) is 11.4 Å². The number of amides is 1. The number of hydrogen-bond acceptors (Lipinski definition) is 6. The number of piperazine rings is 1. The standard InChI is InChI=1S/C18H22N4O3S/c1-14(18(23)19-13-15-5-4-12-26-15)20-8-10-21(11-9-20)16-6-2-3-7-17(16)22(24)25/h2-7,12,14H,8-11,13H2,1H3,(H,19,23). The van der Waals surface area contributed by atoms with Crippen molar-refractivity contribution in [3.63, 3.8) is 0 Å². The number of rotatable bonds is 6. The van der Waals surface area contributed by atoms with Crippen molar-refractivity contribution in [2.45, 2.75) is 19.5 Å². The number of hydrogen-bond donors (Lipinski definition) is 1. The molecule has 1 saturated heterocycles. The van der Waals surface area contributed by atoms with E-state index in [1.807, 2.05) is 35.4 Å². The molecular weight excluding hydrogens is 352 g/mol. The van der Waals surface area contributed by atoms with E-state index in [1.165, 1.54) is 6.07 Å². The Morgan fingerprint density at radius 1 is 1.23 bits per heavy atom. The maximum atomic E-state index is 12.4. The number of para-hydroxylation sites is 2. The smallest absolute Gasteiger partial charge is 0.292 e. The number of thiophene rings is 1. The highest BCUT2D eigenvalue weighted by Crippen LogP contribution is 2.28. The molecule has 1 unspecified atom stereocenters. The molecule has 7 nitrogen and oxygen atoms in total. The van der Waals surface area contributed by atoms with Crippen LogP contribution < -0.4 is 10.2 Å². The van der Waals surface area contributed by atoms with Crippen LogP contribution in [0.25, 0.3) is 0 Å². The van der Waals surface area contributed by atoms with E-state index in [0.29, 0.717) is 38.4 Å². The topological polar surface area (TPSA) is 78.7 Å². The predicted molar refractivity (Wildman–Crippen MR) is 103 cm³/mol. The summed E-state index contributed by atoms with van der Waals surface area (Å²) in [7, 11) is 0. The van der Waals surface area contributed by atoms with Crippen LogP contribution >= 0.6 is 11.3 Å². The largest absolute Gasteiger partial charge is 0.363 e. The second-order valence-corrected chi connectivity index (χ2v) is 7.27. The van der Waals surface area contributed by atoms with E-state index in [0.717, 1.165) is 4.88 Å². The van der Waals surface area contributed by atoms with Crippen molar-refractivity contribution in [2.75, 3.05) is 31.1 Å². The Bertz CT molecular complexity index is 758. The number of carbonyl (C=O) groups is 1. The molecule has 1 amide bonds. The average molecular weight is 374 g/mol. The molecule has 3 rings (SSSR count). The predicted octanol–water partition coefficient (Wildman–Crippen LogP) is 2.48. The lowest BCUT2D eigenvalue weighted by molar-refractivity contribution is -0.384. The van der Waals surface area contributed by atoms with Crippen molar-refractivity contribution >= 4 is 28.6 Å². The Kier molecular flexibility index (Phi) is 5.85. The van der Waals surface area contributed by atoms with Crippen molar-refractivity contribution in [3.05, 3.63) is 56.8 Å². The quantitative estimate of drug-likeness (QED) is 0.621. The third-order valence-corrected chi connectivity index (χ3v) is 5.55. The average Bonchev–Trinajstić information content (AvgIpc) is 3.19. The molecule has 2 heterocycles. The summed E-state index contributed by atoms with van der Waals surface area (Å²) in [6.45, 7) is 5.17. The minimum Gasteiger partial charge on any atom is -0.363 e. The van der Waals surface area contributed by atoms with Crippen molar-refractivity contribution in [3.8, 4) is 0 Å². The zero-order valence-electron chi connectivity index (χ0n) is 14.6. The summed E-state index contributed by atoms with van der Waals surface area (Å²) >= 11 is 1.62. The van der Waals surface area contributed by atoms with Gasteiger partial charge in [0.1, 0.15) is 5.69 Å². The van der Waals surface area contributed by atoms with Crippen molar-refractivity contribution in [1.29, 1.82) is 0 Å². The van der Waals surface area contributed by atoms with Gasteiger partial charge in [0.15, 0.2) is 0 Å². The summed E-state index contributed by atoms with van der Waals surface area (Å²) < 4.78 is 0. The molecule has 8 heteroatoms. The third kappa shape index (κ3) is 4.20. The Hall–Kier alpha value is -2.45. The summed E-state index contributed by atoms with van der Waals surface area (Å²) in [6.07, 6.45) is 0. The Balaban J connectivity index is 1.54. The van der Waals surface area contributed by atoms with Crippen molar-refractivity contribution < 1.29 is 9.72 Å². The number of nitro groups is 1. The van der Waals surface area contributed by atoms with Gasteiger partial charge >= 0.3 is 0 Å². The van der Waals surface area contributed by atoms with E-state index in [9.17, 15) is 14.9 Å². The normalized spacial score (nSPS) is 16.3. The van der Waals surface area contributed by atoms with Crippen LogP contribution in [0.2, 0.25) is 0 Å².